The summed E-state index contributed by atoms with van der Waals surface area (Å²) in [5.41, 5.74) is 7.47. The molecule has 0 saturated carbocycles. The monoisotopic (exact) mass is 404 g/mol. The molecule has 17 heavy (non-hydrogen) atoms. The summed E-state index contributed by atoms with van der Waals surface area (Å²) < 4.78 is 2.20. The van der Waals surface area contributed by atoms with Crippen LogP contribution in [0.4, 0.5) is 17.5 Å². The van der Waals surface area contributed by atoms with Crippen molar-refractivity contribution in [2.75, 3.05) is 11.1 Å². The van der Waals surface area contributed by atoms with Gasteiger partial charge in [0.15, 0.2) is 0 Å². The molecule has 0 amide bonds. The Balaban J connectivity index is 2.31. The van der Waals surface area contributed by atoms with Gasteiger partial charge in [-0.25, -0.2) is 4.98 Å². The molecule has 0 radical (unpaired) electrons. The lowest BCUT2D eigenvalue weighted by Crippen LogP contribution is -2.01. The van der Waals surface area contributed by atoms with Gasteiger partial charge in [0.05, 0.1) is 0 Å². The average Bonchev–Trinajstić information content (AvgIpc) is 2.29. The van der Waals surface area contributed by atoms with Crippen molar-refractivity contribution in [3.05, 3.63) is 38.0 Å². The van der Waals surface area contributed by atoms with Crippen LogP contribution in [0.15, 0.2) is 28.9 Å². The third-order valence-corrected chi connectivity index (χ3v) is 4.51. The topological polar surface area (TPSA) is 63.8 Å². The minimum Gasteiger partial charge on any atom is -0.368 e. The fourth-order valence-electron chi connectivity index (χ4n) is 1.29. The maximum atomic E-state index is 5.56. The summed E-state index contributed by atoms with van der Waals surface area (Å²) in [5.74, 6) is 0.994. The molecule has 0 aliphatic heterocycles. The van der Waals surface area contributed by atoms with Crippen LogP contribution in [0.3, 0.4) is 0 Å². The number of nitrogens with two attached hydrogens (primary N) is 1. The lowest BCUT2D eigenvalue weighted by atomic mass is 10.3. The first kappa shape index (κ1) is 12.6. The number of nitrogens with one attached hydrogen (secondary N) is 1. The number of anilines is 3. The first-order valence-electron chi connectivity index (χ1n) is 4.87. The Kier molecular flexibility index (Phi) is 3.82. The highest BCUT2D eigenvalue weighted by molar-refractivity contribution is 14.1. The molecule has 1 aromatic carbocycles. The van der Waals surface area contributed by atoms with Gasteiger partial charge in [-0.15, -0.1) is 0 Å². The molecule has 0 unspecified atom stereocenters. The van der Waals surface area contributed by atoms with Crippen LogP contribution in [0.2, 0.25) is 0 Å². The summed E-state index contributed by atoms with van der Waals surface area (Å²) in [4.78, 5) is 8.09. The standard InChI is InChI=1S/C11H10BrIN4/c1-6-5-15-11(14)17-10(6)16-7-2-3-9(13)8(12)4-7/h2-5H,1H3,(H3,14,15,16,17). The minimum absolute atomic E-state index is 0.266. The third-order valence-electron chi connectivity index (χ3n) is 2.17. The average molecular weight is 405 g/mol. The molecule has 88 valence electrons. The van der Waals surface area contributed by atoms with Gasteiger partial charge in [0.25, 0.3) is 0 Å². The van der Waals surface area contributed by atoms with Gasteiger partial charge in [0.2, 0.25) is 5.95 Å². The van der Waals surface area contributed by atoms with E-state index in [0.717, 1.165) is 25.1 Å². The van der Waals surface area contributed by atoms with Gasteiger partial charge in [0.1, 0.15) is 5.82 Å². The highest BCUT2D eigenvalue weighted by atomic mass is 127. The molecule has 2 aromatic rings. The molecule has 3 N–H and O–H groups in total. The molecule has 0 aliphatic rings. The number of nitrogen functional groups attached to an aromatic ring is 1. The van der Waals surface area contributed by atoms with Crippen LogP contribution in [-0.4, -0.2) is 9.97 Å². The highest BCUT2D eigenvalue weighted by Crippen LogP contribution is 2.25. The summed E-state index contributed by atoms with van der Waals surface area (Å²) in [6.07, 6.45) is 1.70. The molecule has 0 spiro atoms. The minimum atomic E-state index is 0.266. The Morgan fingerprint density at radius 3 is 2.88 bits per heavy atom. The van der Waals surface area contributed by atoms with Crippen molar-refractivity contribution in [2.24, 2.45) is 0 Å². The SMILES string of the molecule is Cc1cnc(N)nc1Nc1ccc(I)c(Br)c1. The van der Waals surface area contributed by atoms with Crippen molar-refractivity contribution < 1.29 is 0 Å². The first-order valence-corrected chi connectivity index (χ1v) is 6.74. The Morgan fingerprint density at radius 1 is 1.41 bits per heavy atom. The number of benzene rings is 1. The lowest BCUT2D eigenvalue weighted by molar-refractivity contribution is 1.15. The molecule has 0 atom stereocenters. The fourth-order valence-corrected chi connectivity index (χ4v) is 2.01. The van der Waals surface area contributed by atoms with Crippen LogP contribution in [0.5, 0.6) is 0 Å². The summed E-state index contributed by atoms with van der Waals surface area (Å²) in [6.45, 7) is 1.93. The van der Waals surface area contributed by atoms with E-state index in [0.29, 0.717) is 0 Å². The zero-order chi connectivity index (χ0) is 12.4. The van der Waals surface area contributed by atoms with Gasteiger partial charge in [-0.3, -0.25) is 0 Å². The van der Waals surface area contributed by atoms with Gasteiger partial charge < -0.3 is 11.1 Å². The van der Waals surface area contributed by atoms with Crippen molar-refractivity contribution in [3.63, 3.8) is 0 Å². The molecule has 0 aliphatic carbocycles. The zero-order valence-corrected chi connectivity index (χ0v) is 12.8. The number of hydrogen-bond acceptors (Lipinski definition) is 4. The predicted molar refractivity (Wildman–Crippen MR) is 81.3 cm³/mol. The Labute approximate surface area is 121 Å². The van der Waals surface area contributed by atoms with E-state index in [1.807, 2.05) is 25.1 Å². The second kappa shape index (κ2) is 5.18. The second-order valence-electron chi connectivity index (χ2n) is 3.51. The van der Waals surface area contributed by atoms with Crippen LogP contribution >= 0.6 is 38.5 Å². The van der Waals surface area contributed by atoms with E-state index in [2.05, 4.69) is 53.8 Å². The number of halogens is 2. The van der Waals surface area contributed by atoms with Gasteiger partial charge in [-0.05, 0) is 63.6 Å². The van der Waals surface area contributed by atoms with Crippen molar-refractivity contribution in [1.29, 1.82) is 0 Å². The molecule has 0 fully saturated rings. The third kappa shape index (κ3) is 3.06. The number of aromatic nitrogens is 2. The van der Waals surface area contributed by atoms with E-state index in [1.165, 1.54) is 0 Å². The van der Waals surface area contributed by atoms with Gasteiger partial charge in [0, 0.05) is 25.5 Å². The molecular formula is C11H10BrIN4. The van der Waals surface area contributed by atoms with Crippen molar-refractivity contribution in [2.45, 2.75) is 6.92 Å². The zero-order valence-electron chi connectivity index (χ0n) is 9.04. The molecule has 6 heteroatoms. The molecule has 1 aromatic heterocycles. The van der Waals surface area contributed by atoms with E-state index in [4.69, 9.17) is 5.73 Å². The maximum absolute atomic E-state index is 5.56. The summed E-state index contributed by atoms with van der Waals surface area (Å²) in [5, 5.41) is 3.22. The van der Waals surface area contributed by atoms with Gasteiger partial charge >= 0.3 is 0 Å². The number of rotatable bonds is 2. The quantitative estimate of drug-likeness (QED) is 0.752. The molecule has 1 heterocycles. The van der Waals surface area contributed by atoms with Crippen molar-refractivity contribution in [1.82, 2.24) is 9.97 Å². The second-order valence-corrected chi connectivity index (χ2v) is 5.53. The van der Waals surface area contributed by atoms with Crippen LogP contribution in [0.1, 0.15) is 5.56 Å². The first-order chi connectivity index (χ1) is 8.06. The normalized spacial score (nSPS) is 10.3. The van der Waals surface area contributed by atoms with Crippen molar-refractivity contribution in [3.8, 4) is 0 Å². The van der Waals surface area contributed by atoms with Crippen LogP contribution in [0, 0.1) is 10.5 Å². The summed E-state index contributed by atoms with van der Waals surface area (Å²) in [7, 11) is 0. The lowest BCUT2D eigenvalue weighted by Gasteiger charge is -2.09. The van der Waals surface area contributed by atoms with Crippen LogP contribution < -0.4 is 11.1 Å². The van der Waals surface area contributed by atoms with E-state index >= 15 is 0 Å². The summed E-state index contributed by atoms with van der Waals surface area (Å²) >= 11 is 5.75. The number of aryl methyl sites for hydroxylation is 1. The van der Waals surface area contributed by atoms with E-state index in [9.17, 15) is 0 Å². The molecule has 0 saturated heterocycles. The highest BCUT2D eigenvalue weighted by Gasteiger charge is 2.04. The van der Waals surface area contributed by atoms with E-state index in [1.54, 1.807) is 6.20 Å². The predicted octanol–water partition coefficient (Wildman–Crippen LogP) is 3.48. The number of hydrogen-bond donors (Lipinski definition) is 2. The number of nitrogens with zero attached hydrogens (tertiary/aromatic N) is 2. The fraction of sp³-hybridized carbons (Fsp3) is 0.0909. The van der Waals surface area contributed by atoms with E-state index in [-0.39, 0.29) is 5.95 Å². The Morgan fingerprint density at radius 2 is 2.18 bits per heavy atom. The molecule has 0 bridgehead atoms. The van der Waals surface area contributed by atoms with Crippen molar-refractivity contribution >= 4 is 56.0 Å². The maximum Gasteiger partial charge on any atom is 0.221 e. The molecular weight excluding hydrogens is 395 g/mol. The Bertz CT molecular complexity index is 559. The largest absolute Gasteiger partial charge is 0.368 e. The van der Waals surface area contributed by atoms with Crippen LogP contribution in [-0.2, 0) is 0 Å². The van der Waals surface area contributed by atoms with Crippen LogP contribution in [0.25, 0.3) is 0 Å². The van der Waals surface area contributed by atoms with Gasteiger partial charge in [-0.1, -0.05) is 0 Å². The summed E-state index contributed by atoms with van der Waals surface area (Å²) in [6, 6.07) is 6.01. The smallest absolute Gasteiger partial charge is 0.221 e. The molecule has 4 nitrogen and oxygen atoms in total. The molecule has 2 rings (SSSR count). The van der Waals surface area contributed by atoms with Gasteiger partial charge in [-0.2, -0.15) is 4.98 Å². The Hall–Kier alpha value is -0.890. The van der Waals surface area contributed by atoms with E-state index < -0.39 is 0 Å².